The number of carboxylic acid groups (broad SMARTS) is 1. The molecule has 1 atom stereocenters. The second-order valence-electron chi connectivity index (χ2n) is 8.55. The molecule has 1 aliphatic carbocycles. The first-order chi connectivity index (χ1) is 15.1. The number of piperidine rings is 1. The number of carbonyl (C=O) groups excluding carboxylic acids is 1. The highest BCUT2D eigenvalue weighted by molar-refractivity contribution is 5.80. The first-order valence-corrected chi connectivity index (χ1v) is 10.8. The van der Waals surface area contributed by atoms with Crippen LogP contribution in [0.2, 0.25) is 0 Å². The first kappa shape index (κ1) is 24.3. The third-order valence-corrected chi connectivity index (χ3v) is 6.40. The molecule has 10 heteroatoms. The van der Waals surface area contributed by atoms with Crippen LogP contribution < -0.4 is 10.1 Å². The predicted octanol–water partition coefficient (Wildman–Crippen LogP) is 3.86. The molecule has 0 radical (unpaired) electrons. The molecule has 1 unspecified atom stereocenters. The molecule has 6 nitrogen and oxygen atoms in total. The minimum absolute atomic E-state index is 0.0192. The maximum absolute atomic E-state index is 12.6. The zero-order chi connectivity index (χ0) is 23.4. The van der Waals surface area contributed by atoms with Crippen LogP contribution in [-0.2, 0) is 9.59 Å². The molecule has 1 aromatic rings. The van der Waals surface area contributed by atoms with Crippen LogP contribution in [0.25, 0.3) is 0 Å². The van der Waals surface area contributed by atoms with E-state index in [1.165, 1.54) is 0 Å². The summed E-state index contributed by atoms with van der Waals surface area (Å²) < 4.78 is 50.8. The van der Waals surface area contributed by atoms with Gasteiger partial charge in [0.15, 0.2) is 0 Å². The van der Waals surface area contributed by atoms with Crippen LogP contribution in [0.1, 0.15) is 50.1 Å². The van der Waals surface area contributed by atoms with Gasteiger partial charge in [0.1, 0.15) is 18.0 Å². The van der Waals surface area contributed by atoms with Crippen molar-refractivity contribution in [2.75, 3.05) is 26.3 Å². The molecule has 2 aliphatic heterocycles. The van der Waals surface area contributed by atoms with E-state index in [1.54, 1.807) is 0 Å². The SMILES string of the molecule is O=C(NC1CC2(CCN(CCF)CC2)Oc2ccccc21)C1CCC1.O=C(O)C(F)(F)F. The highest BCUT2D eigenvalue weighted by atomic mass is 19.4. The molecule has 3 aliphatic rings. The Bertz CT molecular complexity index is 805. The average Bonchev–Trinajstić information content (AvgIpc) is 2.68. The van der Waals surface area contributed by atoms with Gasteiger partial charge in [0.05, 0.1) is 6.04 Å². The van der Waals surface area contributed by atoms with Gasteiger partial charge in [0.2, 0.25) is 5.91 Å². The first-order valence-electron chi connectivity index (χ1n) is 10.8. The lowest BCUT2D eigenvalue weighted by Crippen LogP contribution is -2.53. The molecule has 32 heavy (non-hydrogen) atoms. The maximum Gasteiger partial charge on any atom is 0.490 e. The number of hydrogen-bond acceptors (Lipinski definition) is 4. The zero-order valence-corrected chi connectivity index (χ0v) is 17.7. The van der Waals surface area contributed by atoms with Crippen LogP contribution in [0.3, 0.4) is 0 Å². The number of fused-ring (bicyclic) bond motifs is 1. The molecule has 1 saturated heterocycles. The van der Waals surface area contributed by atoms with Gasteiger partial charge in [-0.3, -0.25) is 4.79 Å². The highest BCUT2D eigenvalue weighted by Gasteiger charge is 2.44. The molecular weight excluding hydrogens is 432 g/mol. The molecule has 0 bridgehead atoms. The van der Waals surface area contributed by atoms with Crippen LogP contribution in [-0.4, -0.2) is 60.0 Å². The van der Waals surface area contributed by atoms with E-state index < -0.39 is 12.1 Å². The summed E-state index contributed by atoms with van der Waals surface area (Å²) in [7, 11) is 0. The number of likely N-dealkylation sites (tertiary alicyclic amines) is 1. The standard InChI is InChI=1S/C20H27FN2O2.C2HF3O2/c21-10-13-23-11-8-20(9-12-23)14-17(22-19(24)15-4-3-5-15)16-6-1-2-7-18(16)25-20;3-2(4,5)1(6)7/h1-2,6-7,15,17H,3-5,8-14H2,(H,22,24);(H,6,7). The maximum atomic E-state index is 12.6. The van der Waals surface area contributed by atoms with E-state index in [0.29, 0.717) is 6.54 Å². The topological polar surface area (TPSA) is 78.9 Å². The quantitative estimate of drug-likeness (QED) is 0.668. The van der Waals surface area contributed by atoms with Crippen molar-refractivity contribution in [2.24, 2.45) is 5.92 Å². The number of halogens is 4. The lowest BCUT2D eigenvalue weighted by Gasteiger charge is -2.47. The van der Waals surface area contributed by atoms with Crippen molar-refractivity contribution >= 4 is 11.9 Å². The molecule has 4 rings (SSSR count). The molecule has 2 N–H and O–H groups in total. The molecule has 1 spiro atoms. The summed E-state index contributed by atoms with van der Waals surface area (Å²) >= 11 is 0. The number of nitrogens with one attached hydrogen (secondary N) is 1. The van der Waals surface area contributed by atoms with Gasteiger partial charge in [-0.1, -0.05) is 24.6 Å². The highest BCUT2D eigenvalue weighted by Crippen LogP contribution is 2.44. The van der Waals surface area contributed by atoms with Gasteiger partial charge in [-0.15, -0.1) is 0 Å². The average molecular weight is 460 g/mol. The number of aliphatic carboxylic acids is 1. The van der Waals surface area contributed by atoms with Gasteiger partial charge >= 0.3 is 12.1 Å². The molecule has 2 fully saturated rings. The van der Waals surface area contributed by atoms with Gasteiger partial charge in [-0.25, -0.2) is 9.18 Å². The summed E-state index contributed by atoms with van der Waals surface area (Å²) in [6.07, 6.45) is 0.692. The number of ether oxygens (including phenoxy) is 1. The molecule has 1 aromatic carbocycles. The summed E-state index contributed by atoms with van der Waals surface area (Å²) in [6, 6.07) is 8.08. The van der Waals surface area contributed by atoms with E-state index in [9.17, 15) is 22.4 Å². The van der Waals surface area contributed by atoms with Crippen molar-refractivity contribution < 1.29 is 37.0 Å². The Morgan fingerprint density at radius 2 is 1.81 bits per heavy atom. The molecule has 1 amide bonds. The van der Waals surface area contributed by atoms with Crippen molar-refractivity contribution in [3.63, 3.8) is 0 Å². The van der Waals surface area contributed by atoms with Crippen LogP contribution in [0.15, 0.2) is 24.3 Å². The van der Waals surface area contributed by atoms with Crippen molar-refractivity contribution in [2.45, 2.75) is 56.3 Å². The van der Waals surface area contributed by atoms with Crippen molar-refractivity contribution in [3.05, 3.63) is 29.8 Å². The lowest BCUT2D eigenvalue weighted by atomic mass is 9.79. The summed E-state index contributed by atoms with van der Waals surface area (Å²) in [4.78, 5) is 23.6. The van der Waals surface area contributed by atoms with Gasteiger partial charge in [0.25, 0.3) is 0 Å². The Hall–Kier alpha value is -2.36. The number of amides is 1. The van der Waals surface area contributed by atoms with E-state index in [1.807, 2.05) is 18.2 Å². The molecule has 0 aromatic heterocycles. The van der Waals surface area contributed by atoms with Gasteiger partial charge in [-0.05, 0) is 31.7 Å². The summed E-state index contributed by atoms with van der Waals surface area (Å²) in [6.45, 7) is 1.93. The Kier molecular flexibility index (Phi) is 7.63. The van der Waals surface area contributed by atoms with E-state index in [4.69, 9.17) is 14.6 Å². The van der Waals surface area contributed by atoms with Crippen molar-refractivity contribution in [1.82, 2.24) is 10.2 Å². The molecule has 2 heterocycles. The van der Waals surface area contributed by atoms with Crippen LogP contribution in [0.4, 0.5) is 17.6 Å². The number of alkyl halides is 4. The third-order valence-electron chi connectivity index (χ3n) is 6.40. The summed E-state index contributed by atoms with van der Waals surface area (Å²) in [5, 5.41) is 10.4. The van der Waals surface area contributed by atoms with Crippen LogP contribution in [0.5, 0.6) is 5.75 Å². The van der Waals surface area contributed by atoms with E-state index >= 15 is 0 Å². The van der Waals surface area contributed by atoms with Crippen LogP contribution >= 0.6 is 0 Å². The van der Waals surface area contributed by atoms with Crippen molar-refractivity contribution in [3.8, 4) is 5.75 Å². The van der Waals surface area contributed by atoms with Gasteiger partial charge in [0, 0.05) is 37.5 Å². The number of nitrogens with zero attached hydrogens (tertiary/aromatic N) is 1. The van der Waals surface area contributed by atoms with E-state index in [0.717, 1.165) is 62.9 Å². The third kappa shape index (κ3) is 5.90. The molecular formula is C22H28F4N2O4. The number of carbonyl (C=O) groups is 2. The zero-order valence-electron chi connectivity index (χ0n) is 17.7. The fourth-order valence-electron chi connectivity index (χ4n) is 4.32. The summed E-state index contributed by atoms with van der Waals surface area (Å²) in [5.74, 6) is -1.48. The Morgan fingerprint density at radius 3 is 2.34 bits per heavy atom. The Balaban J connectivity index is 0.000000360. The smallest absolute Gasteiger partial charge is 0.487 e. The Labute approximate surface area is 183 Å². The van der Waals surface area contributed by atoms with Gasteiger partial charge < -0.3 is 20.1 Å². The van der Waals surface area contributed by atoms with Gasteiger partial charge in [-0.2, -0.15) is 13.2 Å². The number of rotatable bonds is 4. The fourth-order valence-corrected chi connectivity index (χ4v) is 4.32. The van der Waals surface area contributed by atoms with E-state index in [2.05, 4.69) is 16.3 Å². The second-order valence-corrected chi connectivity index (χ2v) is 8.55. The number of hydrogen-bond donors (Lipinski definition) is 2. The van der Waals surface area contributed by atoms with Crippen LogP contribution in [0, 0.1) is 5.92 Å². The molecule has 178 valence electrons. The fraction of sp³-hybridized carbons (Fsp3) is 0.636. The number of para-hydroxylation sites is 1. The number of carboxylic acids is 1. The monoisotopic (exact) mass is 460 g/mol. The Morgan fingerprint density at radius 1 is 1.19 bits per heavy atom. The minimum Gasteiger partial charge on any atom is -0.487 e. The minimum atomic E-state index is -5.08. The normalized spacial score (nSPS) is 22.6. The second kappa shape index (κ2) is 10.1. The largest absolute Gasteiger partial charge is 0.490 e. The summed E-state index contributed by atoms with van der Waals surface area (Å²) in [5.41, 5.74) is 0.852. The lowest BCUT2D eigenvalue weighted by molar-refractivity contribution is -0.192. The molecule has 1 saturated carbocycles. The van der Waals surface area contributed by atoms with Crippen molar-refractivity contribution in [1.29, 1.82) is 0 Å². The number of benzene rings is 1. The van der Waals surface area contributed by atoms with E-state index in [-0.39, 0.29) is 30.1 Å². The predicted molar refractivity (Wildman–Crippen MR) is 108 cm³/mol.